The van der Waals surface area contributed by atoms with E-state index in [1.165, 1.54) is 43.7 Å². The summed E-state index contributed by atoms with van der Waals surface area (Å²) in [6, 6.07) is 13.4. The number of amides is 1. The van der Waals surface area contributed by atoms with E-state index in [0.717, 1.165) is 76.5 Å². The Labute approximate surface area is 248 Å². The molecule has 1 amide bonds. The van der Waals surface area contributed by atoms with Gasteiger partial charge in [0.15, 0.2) is 0 Å². The fraction of sp³-hybridized carbons (Fsp3) is 0.471. The summed E-state index contributed by atoms with van der Waals surface area (Å²) in [5.41, 5.74) is 7.27. The lowest BCUT2D eigenvalue weighted by Crippen LogP contribution is -2.46. The molecule has 41 heavy (non-hydrogen) atoms. The molecule has 2 aliphatic rings. The number of hydrogen-bond acceptors (Lipinski definition) is 5. The van der Waals surface area contributed by atoms with Gasteiger partial charge in [-0.1, -0.05) is 17.2 Å². The van der Waals surface area contributed by atoms with Gasteiger partial charge in [-0.25, -0.2) is 0 Å². The highest BCUT2D eigenvalue weighted by atomic mass is 32.1. The summed E-state index contributed by atoms with van der Waals surface area (Å²) >= 11 is 1.76. The van der Waals surface area contributed by atoms with E-state index in [1.54, 1.807) is 11.3 Å². The number of carbonyl (C=O) groups is 1. The highest BCUT2D eigenvalue weighted by Gasteiger charge is 2.37. The zero-order valence-corrected chi connectivity index (χ0v) is 25.8. The van der Waals surface area contributed by atoms with Crippen LogP contribution in [0.3, 0.4) is 0 Å². The van der Waals surface area contributed by atoms with Crippen molar-refractivity contribution in [2.24, 2.45) is 0 Å². The molecule has 216 valence electrons. The van der Waals surface area contributed by atoms with Gasteiger partial charge in [0.25, 0.3) is 0 Å². The number of nitrogens with zero attached hydrogens (tertiary/aromatic N) is 4. The summed E-state index contributed by atoms with van der Waals surface area (Å²) in [4.78, 5) is 31.0. The summed E-state index contributed by atoms with van der Waals surface area (Å²) in [5, 5.41) is 1.29. The minimum Gasteiger partial charge on any atom is -0.346 e. The number of fused-ring (bicyclic) bond motifs is 1. The normalized spacial score (nSPS) is 17.1. The van der Waals surface area contributed by atoms with Crippen LogP contribution in [0.2, 0.25) is 0 Å². The molecular formula is C34H43N5OS. The molecule has 0 radical (unpaired) electrons. The summed E-state index contributed by atoms with van der Waals surface area (Å²) in [6.07, 6.45) is 7.00. The third kappa shape index (κ3) is 5.99. The number of nitrogens with one attached hydrogen (secondary N) is 1. The number of carbonyl (C=O) groups excluding carboxylic acids is 1. The van der Waals surface area contributed by atoms with Crippen LogP contribution in [0.5, 0.6) is 0 Å². The number of hydrogen-bond donors (Lipinski definition) is 1. The molecule has 2 fully saturated rings. The van der Waals surface area contributed by atoms with Gasteiger partial charge in [0.05, 0.1) is 11.1 Å². The van der Waals surface area contributed by atoms with Crippen LogP contribution >= 0.6 is 11.3 Å². The number of thiophene rings is 1. The van der Waals surface area contributed by atoms with Crippen molar-refractivity contribution in [3.05, 3.63) is 75.9 Å². The van der Waals surface area contributed by atoms with Gasteiger partial charge in [-0.2, -0.15) is 0 Å². The van der Waals surface area contributed by atoms with Crippen molar-refractivity contribution in [1.29, 1.82) is 0 Å². The number of pyridine rings is 1. The number of likely N-dealkylation sites (tertiary alicyclic amines) is 1. The standard InChI is InChI=1S/C34H43N5OS/c1-24-19-25(2)21-27(20-24)31-28(9-14-37-15-17-38(18-16-37)23-26-7-10-35-11-8-26)29-22-30(41-32(29)36-31)34(3,4)33(40)39-12-5-6-13-39/h7-8,10-11,19-22,36H,5-6,9,12-18,23H2,1-4H3. The second-order valence-corrected chi connectivity index (χ2v) is 13.6. The maximum absolute atomic E-state index is 13.5. The SMILES string of the molecule is Cc1cc(C)cc(-c2[nH]c3sc(C(C)(C)C(=O)N4CCCC4)cc3c2CCN2CCN(Cc3ccncc3)CC2)c1. The van der Waals surface area contributed by atoms with E-state index in [0.29, 0.717) is 0 Å². The van der Waals surface area contributed by atoms with Crippen LogP contribution in [0.15, 0.2) is 48.8 Å². The largest absolute Gasteiger partial charge is 0.346 e. The number of piperazine rings is 1. The van der Waals surface area contributed by atoms with E-state index in [9.17, 15) is 4.79 Å². The fourth-order valence-electron chi connectivity index (χ4n) is 6.57. The molecule has 7 heteroatoms. The van der Waals surface area contributed by atoms with Gasteiger partial charge in [0.2, 0.25) is 5.91 Å². The minimum absolute atomic E-state index is 0.264. The fourth-order valence-corrected chi connectivity index (χ4v) is 7.76. The Hall–Kier alpha value is -3.00. The van der Waals surface area contributed by atoms with E-state index < -0.39 is 5.41 Å². The molecule has 2 aliphatic heterocycles. The maximum atomic E-state index is 13.5. The monoisotopic (exact) mass is 569 g/mol. The van der Waals surface area contributed by atoms with Crippen molar-refractivity contribution in [2.45, 2.75) is 58.9 Å². The second kappa shape index (κ2) is 11.7. The Balaban J connectivity index is 1.23. The van der Waals surface area contributed by atoms with E-state index in [2.05, 4.69) is 88.8 Å². The number of aromatic nitrogens is 2. The molecule has 0 aliphatic carbocycles. The number of aromatic amines is 1. The first kappa shape index (κ1) is 28.1. The summed E-state index contributed by atoms with van der Waals surface area (Å²) < 4.78 is 0. The summed E-state index contributed by atoms with van der Waals surface area (Å²) in [7, 11) is 0. The average molecular weight is 570 g/mol. The quantitative estimate of drug-likeness (QED) is 0.276. The highest BCUT2D eigenvalue weighted by Crippen LogP contribution is 2.41. The van der Waals surface area contributed by atoms with Gasteiger partial charge in [-0.3, -0.25) is 14.7 Å². The van der Waals surface area contributed by atoms with Crippen molar-refractivity contribution in [3.63, 3.8) is 0 Å². The summed E-state index contributed by atoms with van der Waals surface area (Å²) in [5.74, 6) is 0.264. The van der Waals surface area contributed by atoms with Crippen molar-refractivity contribution in [1.82, 2.24) is 24.7 Å². The molecule has 0 bridgehead atoms. The Bertz CT molecular complexity index is 1490. The smallest absolute Gasteiger partial charge is 0.233 e. The van der Waals surface area contributed by atoms with Crippen molar-refractivity contribution in [2.75, 3.05) is 45.8 Å². The molecule has 3 aromatic heterocycles. The van der Waals surface area contributed by atoms with E-state index in [1.807, 2.05) is 12.4 Å². The van der Waals surface area contributed by atoms with Crippen LogP contribution in [0.4, 0.5) is 0 Å². The van der Waals surface area contributed by atoms with E-state index >= 15 is 0 Å². The van der Waals surface area contributed by atoms with Gasteiger partial charge in [0, 0.05) is 75.0 Å². The van der Waals surface area contributed by atoms with Crippen molar-refractivity contribution in [3.8, 4) is 11.3 Å². The lowest BCUT2D eigenvalue weighted by Gasteiger charge is -2.34. The van der Waals surface area contributed by atoms with Crippen molar-refractivity contribution >= 4 is 27.5 Å². The Morgan fingerprint density at radius 1 is 0.927 bits per heavy atom. The van der Waals surface area contributed by atoms with Gasteiger partial charge >= 0.3 is 0 Å². The molecule has 5 heterocycles. The first-order valence-corrected chi connectivity index (χ1v) is 16.0. The van der Waals surface area contributed by atoms with Crippen LogP contribution < -0.4 is 0 Å². The van der Waals surface area contributed by atoms with Crippen molar-refractivity contribution < 1.29 is 4.79 Å². The first-order chi connectivity index (χ1) is 19.8. The number of aryl methyl sites for hydroxylation is 2. The van der Waals surface area contributed by atoms with E-state index in [-0.39, 0.29) is 5.91 Å². The molecule has 6 rings (SSSR count). The predicted molar refractivity (Wildman–Crippen MR) is 170 cm³/mol. The molecule has 1 aromatic carbocycles. The predicted octanol–water partition coefficient (Wildman–Crippen LogP) is 6.17. The van der Waals surface area contributed by atoms with Gasteiger partial charge < -0.3 is 14.8 Å². The molecule has 0 atom stereocenters. The molecule has 1 N–H and O–H groups in total. The maximum Gasteiger partial charge on any atom is 0.233 e. The number of benzene rings is 1. The van der Waals surface area contributed by atoms with Crippen LogP contribution in [-0.4, -0.2) is 76.4 Å². The molecule has 2 saturated heterocycles. The lowest BCUT2D eigenvalue weighted by molar-refractivity contribution is -0.135. The average Bonchev–Trinajstić information content (AvgIpc) is 3.70. The summed E-state index contributed by atoms with van der Waals surface area (Å²) in [6.45, 7) is 16.7. The third-order valence-electron chi connectivity index (χ3n) is 8.95. The van der Waals surface area contributed by atoms with Crippen LogP contribution in [0.1, 0.15) is 53.8 Å². The Kier molecular flexibility index (Phi) is 8.03. The number of H-pyrrole nitrogens is 1. The van der Waals surface area contributed by atoms with Gasteiger partial charge in [-0.05, 0) is 94.0 Å². The van der Waals surface area contributed by atoms with Gasteiger partial charge in [-0.15, -0.1) is 11.3 Å². The lowest BCUT2D eigenvalue weighted by atomic mass is 9.89. The highest BCUT2D eigenvalue weighted by molar-refractivity contribution is 7.19. The number of rotatable bonds is 8. The first-order valence-electron chi connectivity index (χ1n) is 15.1. The molecule has 6 nitrogen and oxygen atoms in total. The molecule has 0 saturated carbocycles. The molecule has 0 spiro atoms. The van der Waals surface area contributed by atoms with Crippen LogP contribution in [-0.2, 0) is 23.2 Å². The van der Waals surface area contributed by atoms with Gasteiger partial charge in [0.1, 0.15) is 4.83 Å². The van der Waals surface area contributed by atoms with Crippen LogP contribution in [0.25, 0.3) is 21.5 Å². The minimum atomic E-state index is -0.517. The Morgan fingerprint density at radius 2 is 1.59 bits per heavy atom. The zero-order valence-electron chi connectivity index (χ0n) is 25.0. The topological polar surface area (TPSA) is 55.5 Å². The zero-order chi connectivity index (χ0) is 28.6. The second-order valence-electron chi connectivity index (χ2n) is 12.6. The molecule has 0 unspecified atom stereocenters. The molecule has 4 aromatic rings. The van der Waals surface area contributed by atoms with Crippen LogP contribution in [0, 0.1) is 13.8 Å². The Morgan fingerprint density at radius 3 is 2.27 bits per heavy atom. The third-order valence-corrected chi connectivity index (χ3v) is 10.3. The molecular weight excluding hydrogens is 526 g/mol. The van der Waals surface area contributed by atoms with E-state index in [4.69, 9.17) is 0 Å².